The number of rotatable bonds is 6. The molecule has 150 valence electrons. The van der Waals surface area contributed by atoms with Gasteiger partial charge in [0.05, 0.1) is 12.2 Å². The second kappa shape index (κ2) is 8.61. The van der Waals surface area contributed by atoms with E-state index in [9.17, 15) is 9.59 Å². The molecule has 0 radical (unpaired) electrons. The number of fused-ring (bicyclic) bond motifs is 1. The van der Waals surface area contributed by atoms with E-state index < -0.39 is 11.3 Å². The third kappa shape index (κ3) is 4.22. The van der Waals surface area contributed by atoms with Crippen molar-refractivity contribution >= 4 is 16.7 Å². The van der Waals surface area contributed by atoms with Crippen molar-refractivity contribution in [1.82, 2.24) is 15.1 Å². The molecule has 0 unspecified atom stereocenters. The highest BCUT2D eigenvalue weighted by Crippen LogP contribution is 2.20. The van der Waals surface area contributed by atoms with Gasteiger partial charge in [-0.25, -0.2) is 4.68 Å². The van der Waals surface area contributed by atoms with E-state index in [1.165, 1.54) is 6.07 Å². The molecule has 0 aliphatic rings. The number of carbonyl (C=O) groups is 1. The predicted molar refractivity (Wildman–Crippen MR) is 116 cm³/mol. The van der Waals surface area contributed by atoms with Gasteiger partial charge in [0.25, 0.3) is 5.91 Å². The van der Waals surface area contributed by atoms with Crippen molar-refractivity contribution < 1.29 is 9.53 Å². The lowest BCUT2D eigenvalue weighted by atomic mass is 10.1. The molecule has 0 aliphatic heterocycles. The Morgan fingerprint density at radius 1 is 0.967 bits per heavy atom. The molecule has 0 saturated carbocycles. The number of nitrogens with one attached hydrogen (secondary N) is 1. The van der Waals surface area contributed by atoms with Crippen molar-refractivity contribution in [3.63, 3.8) is 0 Å². The summed E-state index contributed by atoms with van der Waals surface area (Å²) in [5.74, 6) is 0.203. The van der Waals surface area contributed by atoms with Gasteiger partial charge in [0.2, 0.25) is 5.43 Å². The zero-order valence-corrected chi connectivity index (χ0v) is 16.5. The molecule has 0 spiro atoms. The maximum absolute atomic E-state index is 12.5. The molecule has 3 aromatic carbocycles. The molecule has 1 aromatic heterocycles. The zero-order valence-electron chi connectivity index (χ0n) is 16.5. The molecule has 30 heavy (non-hydrogen) atoms. The molecule has 1 N–H and O–H groups in total. The first-order chi connectivity index (χ1) is 14.6. The molecule has 1 heterocycles. The first-order valence-corrected chi connectivity index (χ1v) is 9.68. The van der Waals surface area contributed by atoms with Gasteiger partial charge in [-0.15, -0.1) is 0 Å². The summed E-state index contributed by atoms with van der Waals surface area (Å²) in [7, 11) is 0. The summed E-state index contributed by atoms with van der Waals surface area (Å²) in [6, 6.07) is 24.6. The Morgan fingerprint density at radius 3 is 2.50 bits per heavy atom. The Bertz CT molecular complexity index is 1250. The third-order valence-corrected chi connectivity index (χ3v) is 4.70. The SMILES string of the molecule is Cc1cc(=O)c(C(=O)NCCOc2ccc3ccccc3c2)nn1-c1ccccc1. The van der Waals surface area contributed by atoms with E-state index in [2.05, 4.69) is 10.4 Å². The summed E-state index contributed by atoms with van der Waals surface area (Å²) in [5, 5.41) is 9.19. The first kappa shape index (κ1) is 19.4. The molecular weight excluding hydrogens is 378 g/mol. The largest absolute Gasteiger partial charge is 0.492 e. The molecule has 4 rings (SSSR count). The second-order valence-electron chi connectivity index (χ2n) is 6.86. The number of carbonyl (C=O) groups excluding carboxylic acids is 1. The minimum Gasteiger partial charge on any atom is -0.492 e. The molecule has 6 heteroatoms. The van der Waals surface area contributed by atoms with Crippen molar-refractivity contribution in [2.24, 2.45) is 0 Å². The van der Waals surface area contributed by atoms with Crippen LogP contribution >= 0.6 is 0 Å². The van der Waals surface area contributed by atoms with Crippen LogP contribution in [0.2, 0.25) is 0 Å². The highest BCUT2D eigenvalue weighted by molar-refractivity contribution is 5.92. The van der Waals surface area contributed by atoms with E-state index >= 15 is 0 Å². The summed E-state index contributed by atoms with van der Waals surface area (Å²) < 4.78 is 7.31. The van der Waals surface area contributed by atoms with Crippen LogP contribution in [0, 0.1) is 6.92 Å². The number of nitrogens with zero attached hydrogens (tertiary/aromatic N) is 2. The summed E-state index contributed by atoms with van der Waals surface area (Å²) in [6.07, 6.45) is 0. The third-order valence-electron chi connectivity index (χ3n) is 4.70. The zero-order chi connectivity index (χ0) is 20.9. The van der Waals surface area contributed by atoms with Crippen LogP contribution in [0.1, 0.15) is 16.2 Å². The summed E-state index contributed by atoms with van der Waals surface area (Å²) >= 11 is 0. The number of aryl methyl sites for hydroxylation is 1. The van der Waals surface area contributed by atoms with Crippen LogP contribution in [0.4, 0.5) is 0 Å². The highest BCUT2D eigenvalue weighted by Gasteiger charge is 2.15. The Morgan fingerprint density at radius 2 is 1.70 bits per heavy atom. The van der Waals surface area contributed by atoms with E-state index in [1.807, 2.05) is 72.8 Å². The van der Waals surface area contributed by atoms with Crippen LogP contribution in [0.15, 0.2) is 83.7 Å². The van der Waals surface area contributed by atoms with Crippen LogP contribution in [0.3, 0.4) is 0 Å². The maximum atomic E-state index is 12.5. The molecular formula is C24H21N3O3. The smallest absolute Gasteiger partial charge is 0.275 e. The number of hydrogen-bond donors (Lipinski definition) is 1. The molecule has 4 aromatic rings. The van der Waals surface area contributed by atoms with Gasteiger partial charge in [-0.1, -0.05) is 48.5 Å². The lowest BCUT2D eigenvalue weighted by molar-refractivity contribution is 0.0939. The van der Waals surface area contributed by atoms with Crippen molar-refractivity contribution in [3.8, 4) is 11.4 Å². The highest BCUT2D eigenvalue weighted by atomic mass is 16.5. The number of amides is 1. The first-order valence-electron chi connectivity index (χ1n) is 9.68. The van der Waals surface area contributed by atoms with Gasteiger partial charge in [-0.2, -0.15) is 5.10 Å². The van der Waals surface area contributed by atoms with Crippen LogP contribution < -0.4 is 15.5 Å². The molecule has 0 saturated heterocycles. The van der Waals surface area contributed by atoms with Crippen LogP contribution in [-0.4, -0.2) is 28.8 Å². The van der Waals surface area contributed by atoms with E-state index in [1.54, 1.807) is 11.6 Å². The standard InChI is InChI=1S/C24H21N3O3/c1-17-15-22(28)23(26-27(17)20-9-3-2-4-10-20)24(29)25-13-14-30-21-12-11-18-7-5-6-8-19(18)16-21/h2-12,15-16H,13-14H2,1H3,(H,25,29). The average Bonchev–Trinajstić information content (AvgIpc) is 2.77. The van der Waals surface area contributed by atoms with E-state index in [0.717, 1.165) is 22.2 Å². The molecule has 0 aliphatic carbocycles. The number of benzene rings is 3. The summed E-state index contributed by atoms with van der Waals surface area (Å²) in [5.41, 5.74) is 0.883. The predicted octanol–water partition coefficient (Wildman–Crippen LogP) is 3.50. The van der Waals surface area contributed by atoms with Gasteiger partial charge in [0.15, 0.2) is 5.69 Å². The van der Waals surface area contributed by atoms with Crippen LogP contribution in [0.25, 0.3) is 16.5 Å². The van der Waals surface area contributed by atoms with E-state index in [4.69, 9.17) is 4.74 Å². The van der Waals surface area contributed by atoms with Gasteiger partial charge in [-0.3, -0.25) is 9.59 Å². The minimum atomic E-state index is -0.521. The van der Waals surface area contributed by atoms with Crippen molar-refractivity contribution in [3.05, 3.63) is 100 Å². The van der Waals surface area contributed by atoms with Gasteiger partial charge in [0, 0.05) is 11.8 Å². The number of hydrogen-bond acceptors (Lipinski definition) is 4. The van der Waals surface area contributed by atoms with Gasteiger partial charge in [0.1, 0.15) is 12.4 Å². The molecule has 0 atom stereocenters. The fraction of sp³-hybridized carbons (Fsp3) is 0.125. The quantitative estimate of drug-likeness (QED) is 0.504. The van der Waals surface area contributed by atoms with Crippen molar-refractivity contribution in [2.45, 2.75) is 6.92 Å². The van der Waals surface area contributed by atoms with E-state index in [0.29, 0.717) is 5.69 Å². The Hall–Kier alpha value is -3.93. The van der Waals surface area contributed by atoms with E-state index in [-0.39, 0.29) is 18.8 Å². The van der Waals surface area contributed by atoms with Gasteiger partial charge < -0.3 is 10.1 Å². The molecule has 0 fully saturated rings. The van der Waals surface area contributed by atoms with Crippen molar-refractivity contribution in [1.29, 1.82) is 0 Å². The van der Waals surface area contributed by atoms with Crippen LogP contribution in [0.5, 0.6) is 5.75 Å². The molecule has 1 amide bonds. The number of aromatic nitrogens is 2. The Labute approximate surface area is 173 Å². The van der Waals surface area contributed by atoms with Crippen LogP contribution in [-0.2, 0) is 0 Å². The van der Waals surface area contributed by atoms with Gasteiger partial charge in [-0.05, 0) is 42.0 Å². The lowest BCUT2D eigenvalue weighted by Gasteiger charge is -2.11. The van der Waals surface area contributed by atoms with Gasteiger partial charge >= 0.3 is 0 Å². The minimum absolute atomic E-state index is 0.143. The number of para-hydroxylation sites is 1. The van der Waals surface area contributed by atoms with Crippen molar-refractivity contribution in [2.75, 3.05) is 13.2 Å². The topological polar surface area (TPSA) is 73.2 Å². The normalized spacial score (nSPS) is 10.7. The fourth-order valence-corrected chi connectivity index (χ4v) is 3.21. The molecule has 6 nitrogen and oxygen atoms in total. The number of ether oxygens (including phenoxy) is 1. The monoisotopic (exact) mass is 399 g/mol. The molecule has 0 bridgehead atoms. The average molecular weight is 399 g/mol. The Kier molecular flexibility index (Phi) is 5.57. The Balaban J connectivity index is 1.40. The lowest BCUT2D eigenvalue weighted by Crippen LogP contribution is -2.34. The summed E-state index contributed by atoms with van der Waals surface area (Å²) in [4.78, 5) is 24.8. The fourth-order valence-electron chi connectivity index (χ4n) is 3.21. The maximum Gasteiger partial charge on any atom is 0.275 e. The second-order valence-corrected chi connectivity index (χ2v) is 6.86. The summed E-state index contributed by atoms with van der Waals surface area (Å²) in [6.45, 7) is 2.31.